The number of carbonyl (C=O) groups excluding carboxylic acids is 1. The molecule has 0 radical (unpaired) electrons. The fourth-order valence-electron chi connectivity index (χ4n) is 2.55. The highest BCUT2D eigenvalue weighted by atomic mass is 32.2. The lowest BCUT2D eigenvalue weighted by Crippen LogP contribution is -2.37. The third-order valence-electron chi connectivity index (χ3n) is 4.05. The summed E-state index contributed by atoms with van der Waals surface area (Å²) in [4.78, 5) is 12.4. The molecular weight excluding hydrogens is 352 g/mol. The maximum absolute atomic E-state index is 12.4. The molecule has 0 saturated heterocycles. The summed E-state index contributed by atoms with van der Waals surface area (Å²) in [5.74, 6) is 0.362. The average Bonchev–Trinajstić information content (AvgIpc) is 2.56. The molecule has 0 aliphatic heterocycles. The minimum absolute atomic E-state index is 0.00989. The molecule has 7 heteroatoms. The number of hydrogen-bond donors (Lipinski definition) is 2. The lowest BCUT2D eigenvalue weighted by atomic mass is 10.1. The fraction of sp³-hybridized carbons (Fsp3) is 0.316. The highest BCUT2D eigenvalue weighted by Gasteiger charge is 2.19. The van der Waals surface area contributed by atoms with Crippen molar-refractivity contribution in [3.05, 3.63) is 59.2 Å². The van der Waals surface area contributed by atoms with E-state index in [0.29, 0.717) is 11.3 Å². The van der Waals surface area contributed by atoms with Crippen LogP contribution in [0, 0.1) is 13.8 Å². The van der Waals surface area contributed by atoms with Crippen LogP contribution < -0.4 is 15.2 Å². The van der Waals surface area contributed by atoms with Crippen LogP contribution >= 0.6 is 0 Å². The number of amides is 1. The van der Waals surface area contributed by atoms with E-state index in [1.807, 2.05) is 32.0 Å². The Morgan fingerprint density at radius 3 is 2.42 bits per heavy atom. The number of carbonyl (C=O) groups is 1. The van der Waals surface area contributed by atoms with Gasteiger partial charge in [-0.25, -0.2) is 13.6 Å². The van der Waals surface area contributed by atoms with Crippen LogP contribution in [0.3, 0.4) is 0 Å². The monoisotopic (exact) mass is 376 g/mol. The van der Waals surface area contributed by atoms with E-state index in [2.05, 4.69) is 5.32 Å². The van der Waals surface area contributed by atoms with Crippen molar-refractivity contribution in [3.63, 3.8) is 0 Å². The number of aryl methyl sites for hydroxylation is 2. The van der Waals surface area contributed by atoms with Crippen LogP contribution in [0.25, 0.3) is 0 Å². The van der Waals surface area contributed by atoms with Gasteiger partial charge in [-0.1, -0.05) is 29.8 Å². The smallest absolute Gasteiger partial charge is 0.261 e. The van der Waals surface area contributed by atoms with Gasteiger partial charge in [0, 0.05) is 0 Å². The molecule has 2 aromatic carbocycles. The van der Waals surface area contributed by atoms with E-state index in [1.165, 1.54) is 12.1 Å². The third-order valence-corrected chi connectivity index (χ3v) is 4.96. The summed E-state index contributed by atoms with van der Waals surface area (Å²) in [5.41, 5.74) is 2.72. The molecule has 26 heavy (non-hydrogen) atoms. The molecule has 2 aromatic rings. The Labute approximate surface area is 154 Å². The molecule has 0 heterocycles. The van der Waals surface area contributed by atoms with Gasteiger partial charge in [0.15, 0.2) is 6.10 Å². The lowest BCUT2D eigenvalue weighted by molar-refractivity contribution is -0.127. The van der Waals surface area contributed by atoms with Gasteiger partial charge in [-0.05, 0) is 57.0 Å². The molecule has 0 spiro atoms. The van der Waals surface area contributed by atoms with Crippen molar-refractivity contribution in [3.8, 4) is 5.75 Å². The van der Waals surface area contributed by atoms with Crippen molar-refractivity contribution < 1.29 is 17.9 Å². The molecule has 2 rings (SSSR count). The standard InChI is InChI=1S/C19H24N2O4S/c1-12-8-9-18(13(2)10-12)25-15(4)19(22)21-14(3)16-6-5-7-17(11-16)26(20,23)24/h5-11,14-15H,1-4H3,(H,21,22)(H2,20,23,24). The Balaban J connectivity index is 2.06. The summed E-state index contributed by atoms with van der Waals surface area (Å²) in [7, 11) is -3.79. The van der Waals surface area contributed by atoms with Crippen LogP contribution in [0.2, 0.25) is 0 Å². The Morgan fingerprint density at radius 1 is 1.12 bits per heavy atom. The molecule has 2 unspecified atom stereocenters. The quantitative estimate of drug-likeness (QED) is 0.809. The van der Waals surface area contributed by atoms with Gasteiger partial charge in [0.25, 0.3) is 5.91 Å². The normalized spacial score (nSPS) is 13.7. The summed E-state index contributed by atoms with van der Waals surface area (Å²) in [6, 6.07) is 11.6. The maximum atomic E-state index is 12.4. The summed E-state index contributed by atoms with van der Waals surface area (Å²) < 4.78 is 28.7. The van der Waals surface area contributed by atoms with Gasteiger partial charge < -0.3 is 10.1 Å². The molecule has 3 N–H and O–H groups in total. The zero-order valence-corrected chi connectivity index (χ0v) is 16.1. The number of benzene rings is 2. The van der Waals surface area contributed by atoms with Crippen molar-refractivity contribution >= 4 is 15.9 Å². The topological polar surface area (TPSA) is 98.5 Å². The summed E-state index contributed by atoms with van der Waals surface area (Å²) in [5, 5.41) is 7.98. The van der Waals surface area contributed by atoms with Gasteiger partial charge in [-0.15, -0.1) is 0 Å². The largest absolute Gasteiger partial charge is 0.481 e. The number of hydrogen-bond acceptors (Lipinski definition) is 4. The Kier molecular flexibility index (Phi) is 6.05. The minimum atomic E-state index is -3.79. The SMILES string of the molecule is Cc1ccc(OC(C)C(=O)NC(C)c2cccc(S(N)(=O)=O)c2)c(C)c1. The minimum Gasteiger partial charge on any atom is -0.481 e. The third kappa shape index (κ3) is 5.06. The molecule has 0 aliphatic rings. The molecule has 0 fully saturated rings. The van der Waals surface area contributed by atoms with Crippen molar-refractivity contribution in [2.45, 2.75) is 44.7 Å². The van der Waals surface area contributed by atoms with Crippen LogP contribution in [-0.4, -0.2) is 20.4 Å². The molecule has 140 valence electrons. The van der Waals surface area contributed by atoms with E-state index >= 15 is 0 Å². The summed E-state index contributed by atoms with van der Waals surface area (Å²) in [6.45, 7) is 7.35. The van der Waals surface area contributed by atoms with Crippen molar-refractivity contribution in [1.29, 1.82) is 0 Å². The van der Waals surface area contributed by atoms with Gasteiger partial charge in [-0.2, -0.15) is 0 Å². The summed E-state index contributed by atoms with van der Waals surface area (Å²) in [6.07, 6.45) is -0.694. The maximum Gasteiger partial charge on any atom is 0.261 e. The lowest BCUT2D eigenvalue weighted by Gasteiger charge is -2.20. The van der Waals surface area contributed by atoms with E-state index in [1.54, 1.807) is 26.0 Å². The molecule has 1 amide bonds. The molecule has 0 bridgehead atoms. The number of nitrogens with one attached hydrogen (secondary N) is 1. The number of ether oxygens (including phenoxy) is 1. The van der Waals surface area contributed by atoms with Crippen molar-refractivity contribution in [2.24, 2.45) is 5.14 Å². The molecule has 6 nitrogen and oxygen atoms in total. The van der Waals surface area contributed by atoms with E-state index in [0.717, 1.165) is 11.1 Å². The number of primary sulfonamides is 1. The van der Waals surface area contributed by atoms with E-state index in [9.17, 15) is 13.2 Å². The molecule has 2 atom stereocenters. The molecule has 0 aliphatic carbocycles. The first kappa shape index (κ1) is 19.9. The van der Waals surface area contributed by atoms with E-state index in [-0.39, 0.29) is 10.8 Å². The first-order chi connectivity index (χ1) is 12.1. The van der Waals surface area contributed by atoms with E-state index in [4.69, 9.17) is 9.88 Å². The van der Waals surface area contributed by atoms with Gasteiger partial charge in [0.05, 0.1) is 10.9 Å². The van der Waals surface area contributed by atoms with E-state index < -0.39 is 22.2 Å². The number of sulfonamides is 1. The Bertz CT molecular complexity index is 910. The second kappa shape index (κ2) is 7.88. The molecule has 0 aromatic heterocycles. The van der Waals surface area contributed by atoms with Gasteiger partial charge >= 0.3 is 0 Å². The van der Waals surface area contributed by atoms with Crippen LogP contribution in [0.1, 0.15) is 36.6 Å². The van der Waals surface area contributed by atoms with Crippen LogP contribution in [-0.2, 0) is 14.8 Å². The second-order valence-corrected chi connectivity index (χ2v) is 7.94. The van der Waals surface area contributed by atoms with Gasteiger partial charge in [0.2, 0.25) is 10.0 Å². The highest BCUT2D eigenvalue weighted by Crippen LogP contribution is 2.21. The van der Waals surface area contributed by atoms with Crippen LogP contribution in [0.4, 0.5) is 0 Å². The number of nitrogens with two attached hydrogens (primary N) is 1. The fourth-order valence-corrected chi connectivity index (χ4v) is 3.12. The zero-order chi connectivity index (χ0) is 19.5. The average molecular weight is 376 g/mol. The molecule has 0 saturated carbocycles. The van der Waals surface area contributed by atoms with Gasteiger partial charge in [0.1, 0.15) is 5.75 Å². The zero-order valence-electron chi connectivity index (χ0n) is 15.3. The van der Waals surface area contributed by atoms with Crippen LogP contribution in [0.5, 0.6) is 5.75 Å². The predicted molar refractivity (Wildman–Crippen MR) is 100 cm³/mol. The van der Waals surface area contributed by atoms with Crippen molar-refractivity contribution in [1.82, 2.24) is 5.32 Å². The Morgan fingerprint density at radius 2 is 1.81 bits per heavy atom. The first-order valence-electron chi connectivity index (χ1n) is 8.25. The highest BCUT2D eigenvalue weighted by molar-refractivity contribution is 7.89. The molecular formula is C19H24N2O4S. The second-order valence-electron chi connectivity index (χ2n) is 6.38. The number of rotatable bonds is 6. The predicted octanol–water partition coefficient (Wildman–Crippen LogP) is 2.60. The first-order valence-corrected chi connectivity index (χ1v) is 9.79. The van der Waals surface area contributed by atoms with Crippen LogP contribution in [0.15, 0.2) is 47.4 Å². The van der Waals surface area contributed by atoms with Crippen molar-refractivity contribution in [2.75, 3.05) is 0 Å². The Hall–Kier alpha value is -2.38. The van der Waals surface area contributed by atoms with Gasteiger partial charge in [-0.3, -0.25) is 4.79 Å². The summed E-state index contributed by atoms with van der Waals surface area (Å²) >= 11 is 0.